The zero-order valence-corrected chi connectivity index (χ0v) is 12.2. The van der Waals surface area contributed by atoms with Crippen molar-refractivity contribution < 1.29 is 9.59 Å². The molecule has 2 atom stereocenters. The van der Waals surface area contributed by atoms with Gasteiger partial charge >= 0.3 is 0 Å². The summed E-state index contributed by atoms with van der Waals surface area (Å²) in [7, 11) is 1.61. The molecule has 0 aliphatic heterocycles. The highest BCUT2D eigenvalue weighted by molar-refractivity contribution is 5.87. The molecule has 18 heavy (non-hydrogen) atoms. The largest absolute Gasteiger partial charge is 0.354 e. The molecule has 0 radical (unpaired) electrons. The second kappa shape index (κ2) is 8.08. The SMILES string of the molecule is CC[C@H](C)[C@H](N)C(=O)N(C)CC(=O)NCC(C)C. The number of rotatable bonds is 7. The smallest absolute Gasteiger partial charge is 0.239 e. The molecule has 0 fully saturated rings. The van der Waals surface area contributed by atoms with Crippen molar-refractivity contribution in [2.24, 2.45) is 17.6 Å². The van der Waals surface area contributed by atoms with Gasteiger partial charge in [0.15, 0.2) is 0 Å². The summed E-state index contributed by atoms with van der Waals surface area (Å²) in [6.45, 7) is 8.67. The molecule has 0 saturated carbocycles. The Morgan fingerprint density at radius 3 is 2.28 bits per heavy atom. The highest BCUT2D eigenvalue weighted by Crippen LogP contribution is 2.07. The summed E-state index contributed by atoms with van der Waals surface area (Å²) in [6.07, 6.45) is 0.848. The predicted molar refractivity (Wildman–Crippen MR) is 72.9 cm³/mol. The molecule has 0 rings (SSSR count). The normalized spacial score (nSPS) is 14.2. The van der Waals surface area contributed by atoms with Crippen LogP contribution in [0.3, 0.4) is 0 Å². The molecule has 0 aromatic carbocycles. The lowest BCUT2D eigenvalue weighted by Crippen LogP contribution is -2.48. The number of likely N-dealkylation sites (N-methyl/N-ethyl adjacent to an activating group) is 1. The second-order valence-electron chi connectivity index (χ2n) is 5.30. The molecule has 0 spiro atoms. The maximum Gasteiger partial charge on any atom is 0.239 e. The van der Waals surface area contributed by atoms with Crippen molar-refractivity contribution in [1.82, 2.24) is 10.2 Å². The fraction of sp³-hybridized carbons (Fsp3) is 0.846. The van der Waals surface area contributed by atoms with Gasteiger partial charge in [-0.1, -0.05) is 34.1 Å². The first-order valence-electron chi connectivity index (χ1n) is 6.56. The van der Waals surface area contributed by atoms with E-state index in [4.69, 9.17) is 5.73 Å². The average molecular weight is 257 g/mol. The Morgan fingerprint density at radius 1 is 1.28 bits per heavy atom. The quantitative estimate of drug-likeness (QED) is 0.701. The Kier molecular flexibility index (Phi) is 7.59. The van der Waals surface area contributed by atoms with E-state index in [1.165, 1.54) is 4.90 Å². The van der Waals surface area contributed by atoms with Gasteiger partial charge in [0.1, 0.15) is 0 Å². The van der Waals surface area contributed by atoms with E-state index in [9.17, 15) is 9.59 Å². The van der Waals surface area contributed by atoms with Crippen molar-refractivity contribution in [3.8, 4) is 0 Å². The molecule has 0 aliphatic rings. The Balaban J connectivity index is 4.19. The summed E-state index contributed by atoms with van der Waals surface area (Å²) >= 11 is 0. The van der Waals surface area contributed by atoms with E-state index >= 15 is 0 Å². The van der Waals surface area contributed by atoms with Crippen molar-refractivity contribution in [2.75, 3.05) is 20.1 Å². The van der Waals surface area contributed by atoms with Crippen LogP contribution >= 0.6 is 0 Å². The van der Waals surface area contributed by atoms with E-state index in [1.807, 2.05) is 27.7 Å². The van der Waals surface area contributed by atoms with Gasteiger partial charge < -0.3 is 16.0 Å². The first-order chi connectivity index (χ1) is 8.29. The molecular formula is C13H27N3O2. The third-order valence-electron chi connectivity index (χ3n) is 3.01. The van der Waals surface area contributed by atoms with E-state index in [1.54, 1.807) is 7.05 Å². The molecule has 0 unspecified atom stereocenters. The number of hydrogen-bond acceptors (Lipinski definition) is 3. The van der Waals surface area contributed by atoms with Crippen LogP contribution in [-0.4, -0.2) is 42.9 Å². The minimum Gasteiger partial charge on any atom is -0.354 e. The lowest BCUT2D eigenvalue weighted by molar-refractivity contribution is -0.136. The van der Waals surface area contributed by atoms with Gasteiger partial charge in [-0.15, -0.1) is 0 Å². The van der Waals surface area contributed by atoms with Gasteiger partial charge in [0.05, 0.1) is 12.6 Å². The van der Waals surface area contributed by atoms with Gasteiger partial charge in [-0.05, 0) is 11.8 Å². The number of amides is 2. The van der Waals surface area contributed by atoms with Gasteiger partial charge in [-0.25, -0.2) is 0 Å². The summed E-state index contributed by atoms with van der Waals surface area (Å²) in [4.78, 5) is 24.9. The maximum absolute atomic E-state index is 11.9. The summed E-state index contributed by atoms with van der Waals surface area (Å²) in [6, 6.07) is -0.530. The van der Waals surface area contributed by atoms with Crippen molar-refractivity contribution >= 4 is 11.8 Å². The highest BCUT2D eigenvalue weighted by atomic mass is 16.2. The zero-order valence-electron chi connectivity index (χ0n) is 12.2. The van der Waals surface area contributed by atoms with Crippen molar-refractivity contribution in [2.45, 2.75) is 40.2 Å². The van der Waals surface area contributed by atoms with Gasteiger partial charge in [0.25, 0.3) is 0 Å². The molecule has 5 heteroatoms. The van der Waals surface area contributed by atoms with Crippen LogP contribution in [-0.2, 0) is 9.59 Å². The van der Waals surface area contributed by atoms with Crippen molar-refractivity contribution in [1.29, 1.82) is 0 Å². The average Bonchev–Trinajstić information content (AvgIpc) is 2.33. The first kappa shape index (κ1) is 16.9. The van der Waals surface area contributed by atoms with Crippen LogP contribution in [0.15, 0.2) is 0 Å². The van der Waals surface area contributed by atoms with Crippen molar-refractivity contribution in [3.05, 3.63) is 0 Å². The van der Waals surface area contributed by atoms with Crippen LogP contribution in [0.5, 0.6) is 0 Å². The molecule has 0 heterocycles. The summed E-state index contributed by atoms with van der Waals surface area (Å²) in [5, 5.41) is 2.78. The third kappa shape index (κ3) is 6.00. The van der Waals surface area contributed by atoms with E-state index in [0.717, 1.165) is 6.42 Å². The van der Waals surface area contributed by atoms with E-state index in [2.05, 4.69) is 5.32 Å². The van der Waals surface area contributed by atoms with Gasteiger partial charge in [0.2, 0.25) is 11.8 Å². The number of nitrogens with two attached hydrogens (primary N) is 1. The Bertz CT molecular complexity index is 279. The Labute approximate surface area is 110 Å². The summed E-state index contributed by atoms with van der Waals surface area (Å²) < 4.78 is 0. The molecule has 0 saturated heterocycles. The molecule has 0 bridgehead atoms. The third-order valence-corrected chi connectivity index (χ3v) is 3.01. The molecule has 0 aliphatic carbocycles. The number of hydrogen-bond donors (Lipinski definition) is 2. The van der Waals surface area contributed by atoms with Crippen LogP contribution in [0.4, 0.5) is 0 Å². The summed E-state index contributed by atoms with van der Waals surface area (Å²) in [5.74, 6) is 0.205. The number of carbonyl (C=O) groups is 2. The monoisotopic (exact) mass is 257 g/mol. The van der Waals surface area contributed by atoms with Gasteiger partial charge in [-0.3, -0.25) is 9.59 Å². The predicted octanol–water partition coefficient (Wildman–Crippen LogP) is 0.590. The van der Waals surface area contributed by atoms with E-state index in [0.29, 0.717) is 12.5 Å². The molecule has 5 nitrogen and oxygen atoms in total. The fourth-order valence-electron chi connectivity index (χ4n) is 1.42. The van der Waals surface area contributed by atoms with Crippen LogP contribution in [0.1, 0.15) is 34.1 Å². The minimum atomic E-state index is -0.530. The van der Waals surface area contributed by atoms with Crippen LogP contribution in [0, 0.1) is 11.8 Å². The molecular weight excluding hydrogens is 230 g/mol. The fourth-order valence-corrected chi connectivity index (χ4v) is 1.42. The van der Waals surface area contributed by atoms with Crippen LogP contribution < -0.4 is 11.1 Å². The Morgan fingerprint density at radius 2 is 1.83 bits per heavy atom. The standard InChI is InChI=1S/C13H27N3O2/c1-6-10(4)12(14)13(18)16(5)8-11(17)15-7-9(2)3/h9-10,12H,6-8,14H2,1-5H3,(H,15,17)/t10-,12-/m0/s1. The lowest BCUT2D eigenvalue weighted by Gasteiger charge is -2.24. The number of carbonyl (C=O) groups excluding carboxylic acids is 2. The molecule has 0 aromatic rings. The van der Waals surface area contributed by atoms with Crippen LogP contribution in [0.25, 0.3) is 0 Å². The zero-order chi connectivity index (χ0) is 14.3. The van der Waals surface area contributed by atoms with Crippen LogP contribution in [0.2, 0.25) is 0 Å². The maximum atomic E-state index is 11.9. The van der Waals surface area contributed by atoms with E-state index < -0.39 is 6.04 Å². The highest BCUT2D eigenvalue weighted by Gasteiger charge is 2.23. The number of nitrogens with one attached hydrogen (secondary N) is 1. The Hall–Kier alpha value is -1.10. The topological polar surface area (TPSA) is 75.4 Å². The minimum absolute atomic E-state index is 0.0652. The molecule has 106 valence electrons. The van der Waals surface area contributed by atoms with Gasteiger partial charge in [-0.2, -0.15) is 0 Å². The second-order valence-corrected chi connectivity index (χ2v) is 5.30. The lowest BCUT2D eigenvalue weighted by atomic mass is 9.99. The summed E-state index contributed by atoms with van der Waals surface area (Å²) in [5.41, 5.74) is 5.85. The first-order valence-corrected chi connectivity index (χ1v) is 6.56. The van der Waals surface area contributed by atoms with Crippen molar-refractivity contribution in [3.63, 3.8) is 0 Å². The van der Waals surface area contributed by atoms with Gasteiger partial charge in [0, 0.05) is 13.6 Å². The molecule has 0 aromatic heterocycles. The van der Waals surface area contributed by atoms with E-state index in [-0.39, 0.29) is 24.3 Å². The molecule has 3 N–H and O–H groups in total. The molecule has 2 amide bonds. The number of nitrogens with zero attached hydrogens (tertiary/aromatic N) is 1.